The molecule has 0 atom stereocenters. The standard InChI is InChI=1S/C8H13NO2/c1-7(2)9-3-4-11-8(9)5-10-6-8/h3-4,7H,5-6H2,1-2H3. The van der Waals surface area contributed by atoms with E-state index < -0.39 is 0 Å². The first-order valence-corrected chi connectivity index (χ1v) is 3.95. The molecular formula is C8H13NO2. The van der Waals surface area contributed by atoms with E-state index in [1.807, 2.05) is 6.20 Å². The summed E-state index contributed by atoms with van der Waals surface area (Å²) in [6.45, 7) is 5.69. The van der Waals surface area contributed by atoms with Crippen LogP contribution in [0, 0.1) is 0 Å². The number of ether oxygens (including phenoxy) is 2. The van der Waals surface area contributed by atoms with Gasteiger partial charge in [0.25, 0.3) is 0 Å². The van der Waals surface area contributed by atoms with Gasteiger partial charge in [-0.1, -0.05) is 0 Å². The Morgan fingerprint density at radius 2 is 2.18 bits per heavy atom. The van der Waals surface area contributed by atoms with Crippen LogP contribution in [0.2, 0.25) is 0 Å². The van der Waals surface area contributed by atoms with Gasteiger partial charge in [0.15, 0.2) is 0 Å². The van der Waals surface area contributed by atoms with E-state index in [0.29, 0.717) is 19.3 Å². The van der Waals surface area contributed by atoms with Crippen LogP contribution in [0.3, 0.4) is 0 Å². The maximum atomic E-state index is 5.47. The maximum absolute atomic E-state index is 5.47. The summed E-state index contributed by atoms with van der Waals surface area (Å²) in [5.74, 6) is 0. The number of nitrogens with zero attached hydrogens (tertiary/aromatic N) is 1. The molecule has 1 saturated heterocycles. The highest BCUT2D eigenvalue weighted by Crippen LogP contribution is 2.33. The van der Waals surface area contributed by atoms with Crippen LogP contribution < -0.4 is 0 Å². The van der Waals surface area contributed by atoms with Crippen LogP contribution in [0.1, 0.15) is 13.8 Å². The number of hydrogen-bond acceptors (Lipinski definition) is 3. The summed E-state index contributed by atoms with van der Waals surface area (Å²) in [5.41, 5.74) is -0.145. The monoisotopic (exact) mass is 155 g/mol. The zero-order chi connectivity index (χ0) is 7.90. The van der Waals surface area contributed by atoms with Crippen LogP contribution in [0.4, 0.5) is 0 Å². The molecule has 2 aliphatic rings. The van der Waals surface area contributed by atoms with Crippen molar-refractivity contribution in [1.82, 2.24) is 4.90 Å². The van der Waals surface area contributed by atoms with Crippen molar-refractivity contribution in [2.45, 2.75) is 25.6 Å². The summed E-state index contributed by atoms with van der Waals surface area (Å²) in [4.78, 5) is 2.20. The molecule has 0 unspecified atom stereocenters. The summed E-state index contributed by atoms with van der Waals surface area (Å²) in [7, 11) is 0. The van der Waals surface area contributed by atoms with Crippen molar-refractivity contribution < 1.29 is 9.47 Å². The molecule has 0 saturated carbocycles. The molecular weight excluding hydrogens is 142 g/mol. The van der Waals surface area contributed by atoms with Crippen molar-refractivity contribution in [3.05, 3.63) is 12.5 Å². The first-order valence-electron chi connectivity index (χ1n) is 3.95. The predicted octanol–water partition coefficient (Wildman–Crippen LogP) is 0.925. The van der Waals surface area contributed by atoms with Crippen molar-refractivity contribution in [2.75, 3.05) is 13.2 Å². The molecule has 0 bridgehead atoms. The minimum Gasteiger partial charge on any atom is -0.469 e. The van der Waals surface area contributed by atoms with Crippen molar-refractivity contribution in [2.24, 2.45) is 0 Å². The lowest BCUT2D eigenvalue weighted by atomic mass is 10.1. The van der Waals surface area contributed by atoms with E-state index in [0.717, 1.165) is 0 Å². The lowest BCUT2D eigenvalue weighted by Crippen LogP contribution is -2.61. The van der Waals surface area contributed by atoms with Gasteiger partial charge in [-0.25, -0.2) is 0 Å². The highest BCUT2D eigenvalue weighted by atomic mass is 16.6. The van der Waals surface area contributed by atoms with E-state index in [9.17, 15) is 0 Å². The molecule has 0 aliphatic carbocycles. The van der Waals surface area contributed by atoms with Crippen LogP contribution in [-0.4, -0.2) is 29.9 Å². The van der Waals surface area contributed by atoms with Gasteiger partial charge >= 0.3 is 0 Å². The Bertz CT molecular complexity index is 185. The van der Waals surface area contributed by atoms with E-state index in [1.165, 1.54) is 0 Å². The van der Waals surface area contributed by atoms with E-state index in [2.05, 4.69) is 18.7 Å². The normalized spacial score (nSPS) is 25.9. The third-order valence-corrected chi connectivity index (χ3v) is 2.19. The lowest BCUT2D eigenvalue weighted by Gasteiger charge is -2.45. The summed E-state index contributed by atoms with van der Waals surface area (Å²) in [6, 6.07) is 0.484. The van der Waals surface area contributed by atoms with E-state index in [-0.39, 0.29) is 5.72 Å². The van der Waals surface area contributed by atoms with E-state index in [4.69, 9.17) is 9.47 Å². The molecule has 0 aromatic carbocycles. The third-order valence-electron chi connectivity index (χ3n) is 2.19. The molecule has 0 N–H and O–H groups in total. The molecule has 1 spiro atoms. The Morgan fingerprint density at radius 1 is 1.45 bits per heavy atom. The van der Waals surface area contributed by atoms with E-state index >= 15 is 0 Å². The van der Waals surface area contributed by atoms with Crippen LogP contribution >= 0.6 is 0 Å². The molecule has 1 fully saturated rings. The van der Waals surface area contributed by atoms with Gasteiger partial charge in [-0.2, -0.15) is 0 Å². The molecule has 0 aromatic heterocycles. The first kappa shape index (κ1) is 6.98. The fraction of sp³-hybridized carbons (Fsp3) is 0.750. The highest BCUT2D eigenvalue weighted by Gasteiger charge is 2.48. The minimum absolute atomic E-state index is 0.145. The average Bonchev–Trinajstić information content (AvgIpc) is 2.27. The van der Waals surface area contributed by atoms with Gasteiger partial charge in [0.1, 0.15) is 19.5 Å². The molecule has 11 heavy (non-hydrogen) atoms. The lowest BCUT2D eigenvalue weighted by molar-refractivity contribution is -0.238. The first-order chi connectivity index (χ1) is 5.25. The quantitative estimate of drug-likeness (QED) is 0.562. The topological polar surface area (TPSA) is 21.7 Å². The van der Waals surface area contributed by atoms with Crippen molar-refractivity contribution in [3.8, 4) is 0 Å². The van der Waals surface area contributed by atoms with E-state index in [1.54, 1.807) is 6.26 Å². The molecule has 0 radical (unpaired) electrons. The third kappa shape index (κ3) is 0.839. The van der Waals surface area contributed by atoms with Crippen LogP contribution in [-0.2, 0) is 9.47 Å². The number of hydrogen-bond donors (Lipinski definition) is 0. The molecule has 0 amide bonds. The minimum atomic E-state index is -0.145. The summed E-state index contributed by atoms with van der Waals surface area (Å²) in [5, 5.41) is 0. The summed E-state index contributed by atoms with van der Waals surface area (Å²) < 4.78 is 10.6. The smallest absolute Gasteiger partial charge is 0.228 e. The van der Waals surface area contributed by atoms with Gasteiger partial charge in [0, 0.05) is 12.2 Å². The molecule has 3 heteroatoms. The van der Waals surface area contributed by atoms with Crippen molar-refractivity contribution in [1.29, 1.82) is 0 Å². The Kier molecular flexibility index (Phi) is 1.36. The van der Waals surface area contributed by atoms with Crippen LogP contribution in [0.5, 0.6) is 0 Å². The number of rotatable bonds is 1. The van der Waals surface area contributed by atoms with Crippen molar-refractivity contribution >= 4 is 0 Å². The molecule has 3 nitrogen and oxygen atoms in total. The SMILES string of the molecule is CC(C)N1C=COC12COC2. The second-order valence-corrected chi connectivity index (χ2v) is 3.34. The Balaban J connectivity index is 2.12. The Morgan fingerprint density at radius 3 is 2.55 bits per heavy atom. The second kappa shape index (κ2) is 2.14. The highest BCUT2D eigenvalue weighted by molar-refractivity contribution is 5.02. The fourth-order valence-corrected chi connectivity index (χ4v) is 1.56. The van der Waals surface area contributed by atoms with Crippen LogP contribution in [0.15, 0.2) is 12.5 Å². The summed E-state index contributed by atoms with van der Waals surface area (Å²) >= 11 is 0. The van der Waals surface area contributed by atoms with Crippen molar-refractivity contribution in [3.63, 3.8) is 0 Å². The van der Waals surface area contributed by atoms with Gasteiger partial charge in [0.2, 0.25) is 5.72 Å². The van der Waals surface area contributed by atoms with Gasteiger partial charge < -0.3 is 14.4 Å². The molecule has 62 valence electrons. The second-order valence-electron chi connectivity index (χ2n) is 3.34. The predicted molar refractivity (Wildman–Crippen MR) is 40.8 cm³/mol. The fourth-order valence-electron chi connectivity index (χ4n) is 1.56. The van der Waals surface area contributed by atoms with Gasteiger partial charge in [-0.05, 0) is 13.8 Å². The average molecular weight is 155 g/mol. The molecule has 0 aromatic rings. The zero-order valence-corrected chi connectivity index (χ0v) is 6.91. The molecule has 2 heterocycles. The van der Waals surface area contributed by atoms with Crippen LogP contribution in [0.25, 0.3) is 0 Å². The largest absolute Gasteiger partial charge is 0.469 e. The Hall–Kier alpha value is -0.700. The summed E-state index contributed by atoms with van der Waals surface area (Å²) in [6.07, 6.45) is 3.75. The van der Waals surface area contributed by atoms with Gasteiger partial charge in [0.05, 0.1) is 0 Å². The maximum Gasteiger partial charge on any atom is 0.228 e. The van der Waals surface area contributed by atoms with Gasteiger partial charge in [-0.15, -0.1) is 0 Å². The molecule has 2 rings (SSSR count). The van der Waals surface area contributed by atoms with Gasteiger partial charge in [-0.3, -0.25) is 0 Å². The zero-order valence-electron chi connectivity index (χ0n) is 6.91. The molecule has 2 aliphatic heterocycles. The Labute approximate surface area is 66.6 Å².